The van der Waals surface area contributed by atoms with Crippen LogP contribution < -0.4 is 14.2 Å². The molecule has 4 rings (SSSR count). The van der Waals surface area contributed by atoms with Gasteiger partial charge in [0, 0.05) is 10.0 Å². The van der Waals surface area contributed by atoms with E-state index in [1.54, 1.807) is 48.5 Å². The molecule has 0 radical (unpaired) electrons. The number of carboxylic acids is 1. The number of H-pyrrole nitrogens is 1. The predicted octanol–water partition coefficient (Wildman–Crippen LogP) is 6.59. The summed E-state index contributed by atoms with van der Waals surface area (Å²) in [5, 5.41) is 18.1. The Bertz CT molecular complexity index is 1440. The van der Waals surface area contributed by atoms with Crippen LogP contribution in [0.2, 0.25) is 10.0 Å². The first-order valence-electron chi connectivity index (χ1n) is 10.8. The fourth-order valence-corrected chi connectivity index (χ4v) is 4.30. The molecule has 1 aromatic heterocycles. The molecule has 0 unspecified atom stereocenters. The number of carboxylic acid groups (broad SMARTS) is 1. The number of thioether (sulfide) groups is 1. The average molecular weight is 558 g/mol. The van der Waals surface area contributed by atoms with E-state index in [1.165, 1.54) is 20.3 Å². The summed E-state index contributed by atoms with van der Waals surface area (Å²) in [5.74, 6) is 0.810. The van der Waals surface area contributed by atoms with Crippen molar-refractivity contribution in [3.63, 3.8) is 0 Å². The maximum absolute atomic E-state index is 12.0. The second kappa shape index (κ2) is 12.1. The molecule has 37 heavy (non-hydrogen) atoms. The highest BCUT2D eigenvalue weighted by atomic mass is 35.5. The number of rotatable bonds is 10. The number of halogens is 2. The molecule has 0 saturated heterocycles. The van der Waals surface area contributed by atoms with Crippen LogP contribution in [0.1, 0.15) is 11.1 Å². The van der Waals surface area contributed by atoms with Crippen LogP contribution in [0.15, 0.2) is 70.7 Å². The Hall–Kier alpha value is -3.66. The standard InChI is InChI=1S/C26H21Cl2N3O5S/c1-34-20-10-8-18(28)13-19(20)24-29-26(31-30-24)37-23(25(32)33)12-16-5-9-21(22(11-16)35-2)36-14-15-3-6-17(27)7-4-15/h3-13H,14H2,1-2H3,(H,32,33)(H,29,30,31)/b23-12-. The third-order valence-corrected chi connectivity index (χ3v) is 6.45. The fourth-order valence-electron chi connectivity index (χ4n) is 3.30. The zero-order valence-corrected chi connectivity index (χ0v) is 22.0. The molecule has 1 heterocycles. The number of hydrogen-bond acceptors (Lipinski definition) is 7. The maximum atomic E-state index is 12.0. The van der Waals surface area contributed by atoms with Gasteiger partial charge in [-0.3, -0.25) is 5.10 Å². The zero-order chi connectivity index (χ0) is 26.4. The third kappa shape index (κ3) is 6.76. The van der Waals surface area contributed by atoms with Crippen molar-refractivity contribution in [3.8, 4) is 28.6 Å². The number of nitrogens with zero attached hydrogens (tertiary/aromatic N) is 2. The van der Waals surface area contributed by atoms with Gasteiger partial charge in [0.15, 0.2) is 17.3 Å². The molecule has 0 saturated carbocycles. The van der Waals surface area contributed by atoms with Crippen LogP contribution in [-0.4, -0.2) is 40.5 Å². The Morgan fingerprint density at radius 2 is 1.68 bits per heavy atom. The van der Waals surface area contributed by atoms with Gasteiger partial charge in [0.05, 0.1) is 19.8 Å². The lowest BCUT2D eigenvalue weighted by Crippen LogP contribution is -1.99. The molecule has 11 heteroatoms. The van der Waals surface area contributed by atoms with Gasteiger partial charge in [-0.2, -0.15) is 0 Å². The number of hydrogen-bond donors (Lipinski definition) is 2. The molecule has 0 fully saturated rings. The number of ether oxygens (including phenoxy) is 3. The lowest BCUT2D eigenvalue weighted by atomic mass is 10.2. The van der Waals surface area contributed by atoms with Gasteiger partial charge in [-0.05, 0) is 71.4 Å². The van der Waals surface area contributed by atoms with E-state index in [-0.39, 0.29) is 10.1 Å². The van der Waals surface area contributed by atoms with Crippen molar-refractivity contribution in [1.82, 2.24) is 15.2 Å². The van der Waals surface area contributed by atoms with Gasteiger partial charge in [0.1, 0.15) is 17.3 Å². The summed E-state index contributed by atoms with van der Waals surface area (Å²) in [6, 6.07) is 17.6. The largest absolute Gasteiger partial charge is 0.496 e. The van der Waals surface area contributed by atoms with Crippen LogP contribution in [0.5, 0.6) is 17.2 Å². The van der Waals surface area contributed by atoms with E-state index in [0.29, 0.717) is 50.9 Å². The van der Waals surface area contributed by atoms with E-state index >= 15 is 0 Å². The molecule has 8 nitrogen and oxygen atoms in total. The van der Waals surface area contributed by atoms with Crippen LogP contribution in [0.3, 0.4) is 0 Å². The molecule has 0 amide bonds. The molecule has 0 atom stereocenters. The summed E-state index contributed by atoms with van der Waals surface area (Å²) in [6.07, 6.45) is 1.51. The maximum Gasteiger partial charge on any atom is 0.342 e. The van der Waals surface area contributed by atoms with Crippen LogP contribution in [-0.2, 0) is 11.4 Å². The normalized spacial score (nSPS) is 11.3. The minimum atomic E-state index is -1.13. The van der Waals surface area contributed by atoms with E-state index in [0.717, 1.165) is 17.3 Å². The highest BCUT2D eigenvalue weighted by Gasteiger charge is 2.17. The highest BCUT2D eigenvalue weighted by molar-refractivity contribution is 8.04. The topological polar surface area (TPSA) is 107 Å². The first kappa shape index (κ1) is 26.4. The number of nitrogens with one attached hydrogen (secondary N) is 1. The number of methoxy groups -OCH3 is 2. The van der Waals surface area contributed by atoms with Crippen LogP contribution in [0, 0.1) is 0 Å². The highest BCUT2D eigenvalue weighted by Crippen LogP contribution is 2.34. The summed E-state index contributed by atoms with van der Waals surface area (Å²) >= 11 is 12.9. The molecule has 2 N–H and O–H groups in total. The monoisotopic (exact) mass is 557 g/mol. The fraction of sp³-hybridized carbons (Fsp3) is 0.115. The van der Waals surface area contributed by atoms with E-state index < -0.39 is 5.97 Å². The zero-order valence-electron chi connectivity index (χ0n) is 19.7. The molecule has 4 aromatic rings. The van der Waals surface area contributed by atoms with Crippen molar-refractivity contribution in [3.05, 3.63) is 86.7 Å². The van der Waals surface area contributed by atoms with Gasteiger partial charge in [-0.1, -0.05) is 41.4 Å². The number of aromatic nitrogens is 3. The second-order valence-electron chi connectivity index (χ2n) is 7.55. The van der Waals surface area contributed by atoms with Crippen molar-refractivity contribution in [2.24, 2.45) is 0 Å². The average Bonchev–Trinajstić information content (AvgIpc) is 3.36. The number of aromatic amines is 1. The summed E-state index contributed by atoms with van der Waals surface area (Å²) in [4.78, 5) is 16.4. The molecule has 0 bridgehead atoms. The first-order valence-corrected chi connectivity index (χ1v) is 12.4. The number of benzene rings is 3. The van der Waals surface area contributed by atoms with Crippen molar-refractivity contribution in [1.29, 1.82) is 0 Å². The van der Waals surface area contributed by atoms with Crippen molar-refractivity contribution < 1.29 is 24.1 Å². The Labute approximate surface area is 227 Å². The Morgan fingerprint density at radius 3 is 2.38 bits per heavy atom. The third-order valence-electron chi connectivity index (χ3n) is 5.09. The van der Waals surface area contributed by atoms with Gasteiger partial charge in [-0.15, -0.1) is 5.10 Å². The summed E-state index contributed by atoms with van der Waals surface area (Å²) < 4.78 is 16.7. The first-order chi connectivity index (χ1) is 17.9. The minimum Gasteiger partial charge on any atom is -0.496 e. The van der Waals surface area contributed by atoms with Crippen molar-refractivity contribution in [2.45, 2.75) is 11.8 Å². The van der Waals surface area contributed by atoms with Crippen LogP contribution in [0.4, 0.5) is 0 Å². The lowest BCUT2D eigenvalue weighted by molar-refractivity contribution is -0.131. The summed E-state index contributed by atoms with van der Waals surface area (Å²) in [6.45, 7) is 0.323. The molecular formula is C26H21Cl2N3O5S. The van der Waals surface area contributed by atoms with E-state index in [2.05, 4.69) is 15.2 Å². The van der Waals surface area contributed by atoms with E-state index in [1.807, 2.05) is 12.1 Å². The van der Waals surface area contributed by atoms with Gasteiger partial charge < -0.3 is 19.3 Å². The second-order valence-corrected chi connectivity index (χ2v) is 9.43. The van der Waals surface area contributed by atoms with Gasteiger partial charge >= 0.3 is 5.97 Å². The predicted molar refractivity (Wildman–Crippen MR) is 144 cm³/mol. The van der Waals surface area contributed by atoms with Gasteiger partial charge in [0.25, 0.3) is 0 Å². The quantitative estimate of drug-likeness (QED) is 0.166. The molecule has 190 valence electrons. The molecule has 0 aliphatic rings. The van der Waals surface area contributed by atoms with Crippen LogP contribution >= 0.6 is 35.0 Å². The lowest BCUT2D eigenvalue weighted by Gasteiger charge is -2.12. The molecule has 0 spiro atoms. The van der Waals surface area contributed by atoms with E-state index in [4.69, 9.17) is 37.4 Å². The van der Waals surface area contributed by atoms with E-state index in [9.17, 15) is 9.90 Å². The van der Waals surface area contributed by atoms with Gasteiger partial charge in [-0.25, -0.2) is 9.78 Å². The Kier molecular flexibility index (Phi) is 8.60. The minimum absolute atomic E-state index is 0.0143. The smallest absolute Gasteiger partial charge is 0.342 e. The van der Waals surface area contributed by atoms with Crippen molar-refractivity contribution >= 4 is 47.0 Å². The molecule has 0 aliphatic carbocycles. The molecular weight excluding hydrogens is 537 g/mol. The molecule has 0 aliphatic heterocycles. The number of aliphatic carboxylic acids is 1. The summed E-state index contributed by atoms with van der Waals surface area (Å²) in [5.41, 5.74) is 2.16. The van der Waals surface area contributed by atoms with Crippen molar-refractivity contribution in [2.75, 3.05) is 14.2 Å². The Balaban J connectivity index is 1.53. The van der Waals surface area contributed by atoms with Crippen LogP contribution in [0.25, 0.3) is 17.5 Å². The van der Waals surface area contributed by atoms with Gasteiger partial charge in [0.2, 0.25) is 5.16 Å². The molecule has 3 aromatic carbocycles. The number of carbonyl (C=O) groups is 1. The summed E-state index contributed by atoms with van der Waals surface area (Å²) in [7, 11) is 3.05. The SMILES string of the molecule is COc1cc(/C=C(\Sc2n[nH]c(-c3cc(Cl)ccc3OC)n2)C(=O)O)ccc1OCc1ccc(Cl)cc1. The Morgan fingerprint density at radius 1 is 0.973 bits per heavy atom.